The van der Waals surface area contributed by atoms with Crippen LogP contribution in [0.4, 0.5) is 10.5 Å². The maximum absolute atomic E-state index is 15.3. The Morgan fingerprint density at radius 2 is 1.48 bits per heavy atom. The summed E-state index contributed by atoms with van der Waals surface area (Å²) < 4.78 is 29.8. The van der Waals surface area contributed by atoms with E-state index < -0.39 is 168 Å². The van der Waals surface area contributed by atoms with Crippen molar-refractivity contribution in [1.82, 2.24) is 57.7 Å². The molecule has 4 aromatic carbocycles. The molecule has 0 spiro atoms. The van der Waals surface area contributed by atoms with Crippen molar-refractivity contribution in [2.75, 3.05) is 69.3 Å². The number of aliphatic hydroxyl groups excluding tert-OH is 1. The number of methoxy groups -OCH3 is 2. The average molecular weight is 1870 g/mol. The number of phenols is 1. The van der Waals surface area contributed by atoms with E-state index in [1.54, 1.807) is 92.9 Å². The molecule has 38 heteroatoms. The standard InChI is InChI=1S/C90H122ClN13O20S4/c1-11-12-13-14-18-31-74(107)95-64(42-56-25-16-15-17-26-56)82(112)99-68-51-128-127-50-67(100-86(116)78(55(5)105)101-81(111)63(29-21-22-37-92)96-84(114)66(46-59-49-94-62-28-20-19-27-61(59)62)98-83(113)65(97-85(68)115)43-57-32-34-60(106)35-33-57)80(110)93-38-40-126-125-39-36-75(108)103(7)54(4)87(117)123-73-47-76(109)104(8)69-44-58(45-70(120-9)77(69)91)41-52(2)24-23-30-72(121-10)90(119)48-71(122-88(118)102-90)53(3)79-89(73,6)124-79/h15-17,19-20,23-28,30,32-35,44-45,49,53-55,63-68,71-73,78-79,94,105-106,119H,11-14,18,21-22,29,31,36-43,46-48,50-51,92H2,1-10H3,(H,93,110)(H,95,107)(H,96,114)(H,97,115)(H,98,113)(H,99,112)(H,100,116)(H,101,111)(H,102,118)/b30-23+,52-24+/t53-,54+,55-,63+,64-,65+,66-,67+,68+,71+,72-,73+,78+,79+,89+,90+/m1/s1. The number of H-pyrrole nitrogens is 1. The van der Waals surface area contributed by atoms with Crippen LogP contribution in [0, 0.1) is 5.92 Å². The second-order valence-electron chi connectivity index (χ2n) is 32.9. The van der Waals surface area contributed by atoms with Crippen LogP contribution in [-0.4, -0.2) is 251 Å². The van der Waals surface area contributed by atoms with Crippen LogP contribution in [0.1, 0.15) is 141 Å². The highest BCUT2D eigenvalue weighted by atomic mass is 35.5. The molecule has 33 nitrogen and oxygen atoms in total. The van der Waals surface area contributed by atoms with Crippen molar-refractivity contribution in [1.29, 1.82) is 0 Å². The number of hydrogen-bond acceptors (Lipinski definition) is 25. The third-order valence-corrected chi connectivity index (χ3v) is 28.3. The van der Waals surface area contributed by atoms with Crippen LogP contribution in [0.3, 0.4) is 0 Å². The predicted molar refractivity (Wildman–Crippen MR) is 494 cm³/mol. The maximum atomic E-state index is 15.3. The number of aromatic hydroxyl groups is 1. The fraction of sp³-hybridized carbons (Fsp3) is 0.533. The largest absolute Gasteiger partial charge is 0.508 e. The van der Waals surface area contributed by atoms with Gasteiger partial charge in [-0.2, -0.15) is 0 Å². The molecule has 11 amide bonds. The molecule has 4 bridgehead atoms. The number of para-hydroxylation sites is 1. The van der Waals surface area contributed by atoms with Crippen molar-refractivity contribution in [2.24, 2.45) is 11.7 Å². The number of carbonyl (C=O) groups excluding carboxylic acids is 12. The Labute approximate surface area is 767 Å². The number of nitrogens with zero attached hydrogens (tertiary/aromatic N) is 2. The first kappa shape index (κ1) is 102. The van der Waals surface area contributed by atoms with Gasteiger partial charge in [0.2, 0.25) is 59.1 Å². The minimum atomic E-state index is -1.94. The molecule has 5 heterocycles. The van der Waals surface area contributed by atoms with Crippen molar-refractivity contribution in [3.8, 4) is 11.5 Å². The first-order chi connectivity index (χ1) is 61.2. The summed E-state index contributed by atoms with van der Waals surface area (Å²) in [4.78, 5) is 181. The molecule has 698 valence electrons. The molecule has 16 atom stereocenters. The predicted octanol–water partition coefficient (Wildman–Crippen LogP) is 6.98. The number of unbranched alkanes of at least 4 members (excludes halogenated alkanes) is 5. The number of nitrogens with one attached hydrogen (secondary N) is 10. The summed E-state index contributed by atoms with van der Waals surface area (Å²) in [5.41, 5.74) is 6.97. The number of anilines is 1. The van der Waals surface area contributed by atoms with Gasteiger partial charge in [-0.1, -0.05) is 179 Å². The Kier molecular flexibility index (Phi) is 39.5. The Morgan fingerprint density at radius 1 is 0.805 bits per heavy atom. The zero-order valence-electron chi connectivity index (χ0n) is 73.9. The molecule has 4 aliphatic heterocycles. The van der Waals surface area contributed by atoms with Crippen molar-refractivity contribution in [2.45, 2.75) is 234 Å². The average Bonchev–Trinajstić information content (AvgIpc) is 1.57. The summed E-state index contributed by atoms with van der Waals surface area (Å²) in [7, 11) is 10.4. The molecule has 3 saturated heterocycles. The van der Waals surface area contributed by atoms with E-state index >= 15 is 14.4 Å². The number of epoxide rings is 1. The quantitative estimate of drug-likeness (QED) is 0.00871. The molecule has 5 aromatic rings. The lowest BCUT2D eigenvalue weighted by Gasteiger charge is -2.42. The third-order valence-electron chi connectivity index (χ3n) is 23.1. The highest BCUT2D eigenvalue weighted by molar-refractivity contribution is 8.77. The smallest absolute Gasteiger partial charge is 0.409 e. The molecule has 0 unspecified atom stereocenters. The van der Waals surface area contributed by atoms with E-state index in [4.69, 9.17) is 41.0 Å². The van der Waals surface area contributed by atoms with Crippen molar-refractivity contribution < 1.29 is 96.5 Å². The second kappa shape index (κ2) is 49.4. The summed E-state index contributed by atoms with van der Waals surface area (Å²) in [5.74, 6) is -8.67. The van der Waals surface area contributed by atoms with E-state index in [9.17, 15) is 58.5 Å². The van der Waals surface area contributed by atoms with Gasteiger partial charge in [-0.25, -0.2) is 9.59 Å². The van der Waals surface area contributed by atoms with Crippen molar-refractivity contribution >= 4 is 143 Å². The molecule has 0 radical (unpaired) electrons. The van der Waals surface area contributed by atoms with Crippen LogP contribution in [0.5, 0.6) is 11.5 Å². The number of phenolic OH excluding ortho intramolecular Hbond substituents is 1. The number of halogens is 1. The van der Waals surface area contributed by atoms with Gasteiger partial charge >= 0.3 is 12.1 Å². The lowest BCUT2D eigenvalue weighted by molar-refractivity contribution is -0.162. The molecule has 9 rings (SSSR count). The number of ether oxygens (including phenoxy) is 5. The first-order valence-electron chi connectivity index (χ1n) is 43.2. The number of fused-ring (bicyclic) bond motifs is 6. The van der Waals surface area contributed by atoms with Gasteiger partial charge in [-0.05, 0) is 119 Å². The van der Waals surface area contributed by atoms with Gasteiger partial charge in [0.15, 0.2) is 5.72 Å². The topological polar surface area (TPSA) is 472 Å². The van der Waals surface area contributed by atoms with Crippen LogP contribution in [0.15, 0.2) is 121 Å². The minimum Gasteiger partial charge on any atom is -0.508 e. The molecular weight excluding hydrogens is 1750 g/mol. The van der Waals surface area contributed by atoms with E-state index in [0.29, 0.717) is 64.7 Å². The number of esters is 1. The number of rotatable bonds is 33. The molecule has 128 heavy (non-hydrogen) atoms. The monoisotopic (exact) mass is 1870 g/mol. The van der Waals surface area contributed by atoms with Gasteiger partial charge in [0.05, 0.1) is 31.4 Å². The van der Waals surface area contributed by atoms with Gasteiger partial charge in [-0.3, -0.25) is 53.3 Å². The number of hydrogen-bond donors (Lipinski definition) is 14. The van der Waals surface area contributed by atoms with Crippen LogP contribution in [0.25, 0.3) is 10.9 Å². The number of amides is 11. The Balaban J connectivity index is 0.912. The number of allylic oxidation sites excluding steroid dienone is 3. The molecule has 1 aromatic heterocycles. The highest BCUT2D eigenvalue weighted by Crippen LogP contribution is 2.50. The van der Waals surface area contributed by atoms with Crippen molar-refractivity contribution in [3.63, 3.8) is 0 Å². The number of carbonyl (C=O) groups is 12. The summed E-state index contributed by atoms with van der Waals surface area (Å²) in [6.07, 6.45) is 4.62. The van der Waals surface area contributed by atoms with Crippen LogP contribution >= 0.6 is 54.8 Å². The summed E-state index contributed by atoms with van der Waals surface area (Å²) >= 11 is 6.91. The number of aromatic nitrogens is 1. The molecule has 0 saturated carbocycles. The number of nitrogens with two attached hydrogens (primary N) is 1. The van der Waals surface area contributed by atoms with Gasteiger partial charge in [0.25, 0.3) is 0 Å². The zero-order valence-corrected chi connectivity index (χ0v) is 77.9. The Bertz CT molecular complexity index is 4730. The van der Waals surface area contributed by atoms with Gasteiger partial charge < -0.3 is 102 Å². The Morgan fingerprint density at radius 3 is 2.20 bits per heavy atom. The van der Waals surface area contributed by atoms with E-state index in [1.807, 2.05) is 31.2 Å². The summed E-state index contributed by atoms with van der Waals surface area (Å²) in [6, 6.07) is 14.1. The van der Waals surface area contributed by atoms with Gasteiger partial charge in [0, 0.05) is 112 Å². The highest BCUT2D eigenvalue weighted by Gasteiger charge is 2.65. The van der Waals surface area contributed by atoms with E-state index in [-0.39, 0.29) is 97.7 Å². The Hall–Kier alpha value is -9.57. The number of likely N-dealkylation sites (N-methyl/N-ethyl adjacent to an activating group) is 1. The van der Waals surface area contributed by atoms with Crippen LogP contribution < -0.4 is 63.2 Å². The summed E-state index contributed by atoms with van der Waals surface area (Å²) in [6.45, 7) is 10.3. The van der Waals surface area contributed by atoms with Crippen LogP contribution in [0.2, 0.25) is 5.02 Å². The minimum absolute atomic E-state index is 0.00406. The summed E-state index contributed by atoms with van der Waals surface area (Å²) in [5, 5.41) is 59.5. The fourth-order valence-corrected chi connectivity index (χ4v) is 19.9. The maximum Gasteiger partial charge on any atom is 0.409 e. The normalized spacial score (nSPS) is 25.5. The molecule has 4 aliphatic rings. The van der Waals surface area contributed by atoms with Crippen molar-refractivity contribution in [3.05, 3.63) is 148 Å². The lowest BCUT2D eigenvalue weighted by atomic mass is 9.83. The van der Waals surface area contributed by atoms with E-state index in [0.717, 1.165) is 58.4 Å². The molecule has 15 N–H and O–H groups in total. The zero-order chi connectivity index (χ0) is 92.9. The fourth-order valence-electron chi connectivity index (χ4n) is 15.4. The number of alkyl carbamates (subject to hydrolysis) is 1. The molecule has 0 aliphatic carbocycles. The number of aromatic amines is 1. The number of aliphatic hydroxyl groups is 2. The SMILES string of the molecule is CCCCCCCC(=O)N[C@H](Cc1ccccc1)C(=O)N[C@H]1CSSC[C@@H](C(=O)NCCSSCCC(=O)N(C)[C@@H](C)C(=O)O[C@H]2CC(=O)N(C)c3cc(cc(OC)c3Cl)C/C(C)=C/C=C/[C@@H](OC)[C@@]3(O)C[C@H](OC(=O)N3)[C@@H](C)[C@@H]3O[C@@]23C)NC(=O)[C@H]([C@@H](C)O)NC(=O)[C@H](CCCCN)NC(=O)[C@@H](Cc2c[nH]c3ccccc23)NC(=O)[C@H](Cc2ccc(O)cc2)NC1=O. The van der Waals surface area contributed by atoms with Gasteiger partial charge in [-0.15, -0.1) is 0 Å². The van der Waals surface area contributed by atoms with Gasteiger partial charge in [0.1, 0.15) is 88.8 Å². The first-order valence-corrected chi connectivity index (χ1v) is 48.5. The number of benzene rings is 4. The van der Waals surface area contributed by atoms with E-state index in [2.05, 4.69) is 59.8 Å². The second-order valence-corrected chi connectivity index (χ2v) is 38.5. The third kappa shape index (κ3) is 29.2. The molecular formula is C90H122ClN13O20S4. The molecule has 3 fully saturated rings. The van der Waals surface area contributed by atoms with E-state index in [1.165, 1.54) is 85.7 Å². The van der Waals surface area contributed by atoms with Crippen LogP contribution in [-0.2, 0) is 97.4 Å². The lowest BCUT2D eigenvalue weighted by Crippen LogP contribution is -2.63.